The highest BCUT2D eigenvalue weighted by Gasteiger charge is 2.43. The fraction of sp³-hybridized carbons (Fsp3) is 0.462. The van der Waals surface area contributed by atoms with Crippen molar-refractivity contribution in [2.75, 3.05) is 11.1 Å². The number of nitrogens with zero attached hydrogens (tertiary/aromatic N) is 4. The molecule has 1 amide bonds. The van der Waals surface area contributed by atoms with Gasteiger partial charge >= 0.3 is 0 Å². The Balaban J connectivity index is 1.24. The largest absolute Gasteiger partial charge is 0.316 e. The van der Waals surface area contributed by atoms with Crippen LogP contribution in [0.1, 0.15) is 78.3 Å². The number of rotatable bonds is 7. The molecule has 176 valence electrons. The van der Waals surface area contributed by atoms with Gasteiger partial charge in [-0.05, 0) is 56.1 Å². The number of nitrogens with one attached hydrogen (secondary N) is 1. The van der Waals surface area contributed by atoms with E-state index in [9.17, 15) is 10.1 Å². The Morgan fingerprint density at radius 3 is 2.74 bits per heavy atom. The maximum absolute atomic E-state index is 12.8. The molecule has 2 heterocycles. The summed E-state index contributed by atoms with van der Waals surface area (Å²) in [5, 5.41) is 23.2. The monoisotopic (exact) mass is 491 g/mol. The van der Waals surface area contributed by atoms with Crippen LogP contribution in [0.15, 0.2) is 35.5 Å². The number of thioether (sulfide) groups is 1. The Morgan fingerprint density at radius 2 is 1.97 bits per heavy atom. The molecule has 2 aromatic heterocycles. The second kappa shape index (κ2) is 10.3. The van der Waals surface area contributed by atoms with Gasteiger partial charge in [0.15, 0.2) is 5.16 Å². The van der Waals surface area contributed by atoms with E-state index in [0.717, 1.165) is 55.2 Å². The molecule has 1 fully saturated rings. The van der Waals surface area contributed by atoms with Crippen LogP contribution in [-0.4, -0.2) is 26.4 Å². The summed E-state index contributed by atoms with van der Waals surface area (Å²) in [6.07, 6.45) is 7.76. The minimum absolute atomic E-state index is 0.100. The first kappa shape index (κ1) is 23.1. The lowest BCUT2D eigenvalue weighted by atomic mass is 9.97. The molecule has 2 atom stereocenters. The van der Waals surface area contributed by atoms with E-state index in [1.165, 1.54) is 35.0 Å². The standard InChI is InChI=1S/C26H29N5OS2/c1-2-31-24(20-14-19(20)17-10-6-5-7-11-17)29-30-26(31)33-16-23(32)28-25-21(15-27)18-12-8-3-4-9-13-22(18)34-25/h5-7,10-11,19-20H,2-4,8-9,12-14,16H2,1H3,(H,28,32). The van der Waals surface area contributed by atoms with Gasteiger partial charge in [0.25, 0.3) is 0 Å². The molecule has 2 aliphatic rings. The van der Waals surface area contributed by atoms with Crippen LogP contribution in [0.2, 0.25) is 0 Å². The van der Waals surface area contributed by atoms with E-state index in [0.29, 0.717) is 22.4 Å². The third kappa shape index (κ3) is 4.77. The Morgan fingerprint density at radius 1 is 1.18 bits per heavy atom. The van der Waals surface area contributed by atoms with Gasteiger partial charge in [0.2, 0.25) is 5.91 Å². The normalized spacial score (nSPS) is 19.5. The van der Waals surface area contributed by atoms with Crippen molar-refractivity contribution >= 4 is 34.0 Å². The number of amides is 1. The van der Waals surface area contributed by atoms with Gasteiger partial charge < -0.3 is 9.88 Å². The van der Waals surface area contributed by atoms with E-state index in [1.807, 2.05) is 6.07 Å². The fourth-order valence-electron chi connectivity index (χ4n) is 4.95. The van der Waals surface area contributed by atoms with Crippen LogP contribution in [0.3, 0.4) is 0 Å². The third-order valence-electron chi connectivity index (χ3n) is 6.78. The second-order valence-electron chi connectivity index (χ2n) is 9.02. The van der Waals surface area contributed by atoms with Crippen LogP contribution < -0.4 is 5.32 Å². The van der Waals surface area contributed by atoms with E-state index in [2.05, 4.69) is 57.3 Å². The molecule has 6 nitrogen and oxygen atoms in total. The van der Waals surface area contributed by atoms with Crippen molar-refractivity contribution in [1.29, 1.82) is 5.26 Å². The number of hydrogen-bond acceptors (Lipinski definition) is 6. The second-order valence-corrected chi connectivity index (χ2v) is 11.1. The number of nitriles is 1. The van der Waals surface area contributed by atoms with Crippen LogP contribution >= 0.6 is 23.1 Å². The first-order valence-corrected chi connectivity index (χ1v) is 13.9. The number of aryl methyl sites for hydroxylation is 1. The van der Waals surface area contributed by atoms with Crippen molar-refractivity contribution in [3.8, 4) is 6.07 Å². The van der Waals surface area contributed by atoms with Gasteiger partial charge in [0, 0.05) is 17.3 Å². The molecule has 34 heavy (non-hydrogen) atoms. The predicted octanol–water partition coefficient (Wildman–Crippen LogP) is 5.89. The summed E-state index contributed by atoms with van der Waals surface area (Å²) in [5.41, 5.74) is 3.17. The van der Waals surface area contributed by atoms with Crippen molar-refractivity contribution < 1.29 is 4.79 Å². The minimum Gasteiger partial charge on any atom is -0.316 e. The highest BCUT2D eigenvalue weighted by atomic mass is 32.2. The molecule has 8 heteroatoms. The highest BCUT2D eigenvalue weighted by Crippen LogP contribution is 2.54. The summed E-state index contributed by atoms with van der Waals surface area (Å²) >= 11 is 3.00. The molecule has 5 rings (SSSR count). The van der Waals surface area contributed by atoms with Crippen molar-refractivity contribution in [1.82, 2.24) is 14.8 Å². The molecule has 3 aromatic rings. The third-order valence-corrected chi connectivity index (χ3v) is 8.95. The van der Waals surface area contributed by atoms with Gasteiger partial charge in [0.05, 0.1) is 11.3 Å². The van der Waals surface area contributed by atoms with Crippen molar-refractivity contribution in [3.05, 3.63) is 57.7 Å². The van der Waals surface area contributed by atoms with Gasteiger partial charge in [-0.3, -0.25) is 4.79 Å². The topological polar surface area (TPSA) is 83.6 Å². The number of benzene rings is 1. The summed E-state index contributed by atoms with van der Waals surface area (Å²) in [6, 6.07) is 12.9. The number of anilines is 1. The van der Waals surface area contributed by atoms with E-state index in [4.69, 9.17) is 0 Å². The molecule has 2 aliphatic carbocycles. The quantitative estimate of drug-likeness (QED) is 0.417. The van der Waals surface area contributed by atoms with E-state index in [-0.39, 0.29) is 11.7 Å². The minimum atomic E-state index is -0.100. The van der Waals surface area contributed by atoms with Crippen molar-refractivity contribution in [2.45, 2.75) is 75.4 Å². The van der Waals surface area contributed by atoms with Gasteiger partial charge in [-0.2, -0.15) is 5.26 Å². The van der Waals surface area contributed by atoms with E-state index < -0.39 is 0 Å². The summed E-state index contributed by atoms with van der Waals surface area (Å²) in [7, 11) is 0. The summed E-state index contributed by atoms with van der Waals surface area (Å²) in [5.74, 6) is 2.06. The molecule has 1 aromatic carbocycles. The first-order chi connectivity index (χ1) is 16.7. The number of aromatic nitrogens is 3. The SMILES string of the molecule is CCn1c(SCC(=O)Nc2sc3c(c2C#N)CCCCCC3)nnc1C1CC1c1ccccc1. The number of carbonyl (C=O) groups is 1. The molecular weight excluding hydrogens is 462 g/mol. The van der Waals surface area contributed by atoms with Gasteiger partial charge in [0.1, 0.15) is 16.9 Å². The zero-order chi connectivity index (χ0) is 23.5. The molecular formula is C26H29N5OS2. The Hall–Kier alpha value is -2.63. The average Bonchev–Trinajstić information content (AvgIpc) is 3.43. The number of thiophene rings is 1. The molecule has 0 radical (unpaired) electrons. The number of hydrogen-bond donors (Lipinski definition) is 1. The van der Waals surface area contributed by atoms with Gasteiger partial charge in [-0.25, -0.2) is 0 Å². The van der Waals surface area contributed by atoms with Crippen molar-refractivity contribution in [3.63, 3.8) is 0 Å². The zero-order valence-corrected chi connectivity index (χ0v) is 21.1. The molecule has 1 N–H and O–H groups in total. The fourth-order valence-corrected chi connectivity index (χ4v) is 7.01. The molecule has 0 spiro atoms. The lowest BCUT2D eigenvalue weighted by Gasteiger charge is -2.09. The predicted molar refractivity (Wildman–Crippen MR) is 137 cm³/mol. The smallest absolute Gasteiger partial charge is 0.235 e. The lowest BCUT2D eigenvalue weighted by Crippen LogP contribution is -2.14. The van der Waals surface area contributed by atoms with Crippen molar-refractivity contribution in [2.24, 2.45) is 0 Å². The zero-order valence-electron chi connectivity index (χ0n) is 19.4. The average molecular weight is 492 g/mol. The lowest BCUT2D eigenvalue weighted by molar-refractivity contribution is -0.113. The highest BCUT2D eigenvalue weighted by molar-refractivity contribution is 7.99. The van der Waals surface area contributed by atoms with Crippen LogP contribution in [0.5, 0.6) is 0 Å². The van der Waals surface area contributed by atoms with Crippen LogP contribution in [0, 0.1) is 11.3 Å². The molecule has 0 saturated heterocycles. The maximum Gasteiger partial charge on any atom is 0.235 e. The first-order valence-electron chi connectivity index (χ1n) is 12.1. The Bertz CT molecular complexity index is 1210. The van der Waals surface area contributed by atoms with Crippen LogP contribution in [0.4, 0.5) is 5.00 Å². The number of carbonyl (C=O) groups excluding carboxylic acids is 1. The summed E-state index contributed by atoms with van der Waals surface area (Å²) in [6.45, 7) is 2.87. The Kier molecular flexibility index (Phi) is 7.02. The van der Waals surface area contributed by atoms with Crippen LogP contribution in [0.25, 0.3) is 0 Å². The molecule has 1 saturated carbocycles. The Labute approximate surface area is 208 Å². The summed E-state index contributed by atoms with van der Waals surface area (Å²) < 4.78 is 2.14. The molecule has 0 aliphatic heterocycles. The van der Waals surface area contributed by atoms with E-state index >= 15 is 0 Å². The van der Waals surface area contributed by atoms with Crippen LogP contribution in [-0.2, 0) is 24.2 Å². The number of fused-ring (bicyclic) bond motifs is 1. The summed E-state index contributed by atoms with van der Waals surface area (Å²) in [4.78, 5) is 14.1. The molecule has 0 bridgehead atoms. The van der Waals surface area contributed by atoms with E-state index in [1.54, 1.807) is 11.3 Å². The van der Waals surface area contributed by atoms with Gasteiger partial charge in [-0.15, -0.1) is 21.5 Å². The van der Waals surface area contributed by atoms with Gasteiger partial charge in [-0.1, -0.05) is 54.9 Å². The molecule has 2 unspecified atom stereocenters. The maximum atomic E-state index is 12.8.